The Labute approximate surface area is 112 Å². The Bertz CT molecular complexity index is 594. The van der Waals surface area contributed by atoms with Gasteiger partial charge >= 0.3 is 5.97 Å². The Kier molecular flexibility index (Phi) is 3.58. The maximum absolute atomic E-state index is 10.8. The fourth-order valence-corrected chi connectivity index (χ4v) is 2.42. The van der Waals surface area contributed by atoms with Crippen LogP contribution in [0.2, 0.25) is 0 Å². The first-order chi connectivity index (χ1) is 8.52. The predicted molar refractivity (Wildman–Crippen MR) is 71.9 cm³/mol. The normalized spacial score (nSPS) is 12.6. The highest BCUT2D eigenvalue weighted by molar-refractivity contribution is 9.10. The number of carbonyl (C=O) groups is 1. The fourth-order valence-electron chi connectivity index (χ4n) is 1.84. The number of H-pyrrole nitrogens is 1. The first-order valence-corrected chi connectivity index (χ1v) is 6.14. The van der Waals surface area contributed by atoms with E-state index in [0.29, 0.717) is 0 Å². The van der Waals surface area contributed by atoms with Gasteiger partial charge in [-0.3, -0.25) is 4.79 Å². The number of nitrogens with two attached hydrogens (primary N) is 1. The van der Waals surface area contributed by atoms with Gasteiger partial charge in [0.05, 0.1) is 17.2 Å². The molecule has 1 unspecified atom stereocenters. The van der Waals surface area contributed by atoms with Gasteiger partial charge in [0.25, 0.3) is 0 Å². The average molecular weight is 313 g/mol. The maximum atomic E-state index is 10.8. The van der Waals surface area contributed by atoms with Gasteiger partial charge in [0, 0.05) is 17.9 Å². The van der Waals surface area contributed by atoms with Crippen molar-refractivity contribution in [2.45, 2.75) is 12.5 Å². The van der Waals surface area contributed by atoms with Crippen molar-refractivity contribution in [3.05, 3.63) is 28.4 Å². The molecule has 0 fully saturated rings. The Morgan fingerprint density at radius 1 is 1.61 bits per heavy atom. The molecule has 96 valence electrons. The number of ether oxygens (including phenoxy) is 1. The Balaban J connectivity index is 2.44. The van der Waals surface area contributed by atoms with Gasteiger partial charge in [-0.2, -0.15) is 0 Å². The molecule has 0 saturated heterocycles. The van der Waals surface area contributed by atoms with E-state index in [4.69, 9.17) is 15.6 Å². The molecule has 18 heavy (non-hydrogen) atoms. The van der Waals surface area contributed by atoms with Gasteiger partial charge in [-0.25, -0.2) is 0 Å². The zero-order valence-corrected chi connectivity index (χ0v) is 11.3. The number of nitrogens with one attached hydrogen (secondary N) is 1. The van der Waals surface area contributed by atoms with Gasteiger partial charge < -0.3 is 20.6 Å². The molecule has 0 spiro atoms. The largest absolute Gasteiger partial charge is 0.497 e. The molecule has 0 aliphatic heterocycles. The summed E-state index contributed by atoms with van der Waals surface area (Å²) in [6.45, 7) is 0. The summed E-state index contributed by atoms with van der Waals surface area (Å²) in [5, 5.41) is 9.80. The van der Waals surface area contributed by atoms with Crippen LogP contribution in [0.1, 0.15) is 5.56 Å². The fraction of sp³-hybridized carbons (Fsp3) is 0.250. The van der Waals surface area contributed by atoms with E-state index in [-0.39, 0.29) is 6.42 Å². The number of carboxylic acids is 1. The predicted octanol–water partition coefficient (Wildman–Crippen LogP) is 1.89. The second-order valence-electron chi connectivity index (χ2n) is 3.98. The smallest absolute Gasteiger partial charge is 0.320 e. The van der Waals surface area contributed by atoms with E-state index in [2.05, 4.69) is 20.9 Å². The molecule has 0 saturated carbocycles. The molecule has 2 aromatic rings. The Hall–Kier alpha value is -1.53. The molecule has 6 heteroatoms. The molecule has 2 rings (SSSR count). The summed E-state index contributed by atoms with van der Waals surface area (Å²) in [6.07, 6.45) is 0.266. The second-order valence-corrected chi connectivity index (χ2v) is 4.77. The van der Waals surface area contributed by atoms with Crippen LogP contribution in [0.15, 0.2) is 22.8 Å². The van der Waals surface area contributed by atoms with Crippen LogP contribution in [0.5, 0.6) is 5.75 Å². The number of aromatic nitrogens is 1. The molecule has 0 radical (unpaired) electrons. The lowest BCUT2D eigenvalue weighted by molar-refractivity contribution is -0.138. The number of halogens is 1. The van der Waals surface area contributed by atoms with Gasteiger partial charge in [-0.05, 0) is 33.6 Å². The number of hydrogen-bond acceptors (Lipinski definition) is 3. The zero-order valence-electron chi connectivity index (χ0n) is 9.74. The van der Waals surface area contributed by atoms with Crippen LogP contribution < -0.4 is 10.5 Å². The van der Waals surface area contributed by atoms with Crippen molar-refractivity contribution in [3.8, 4) is 5.75 Å². The van der Waals surface area contributed by atoms with Gasteiger partial charge in [0.15, 0.2) is 0 Å². The van der Waals surface area contributed by atoms with E-state index in [9.17, 15) is 4.79 Å². The maximum Gasteiger partial charge on any atom is 0.320 e. The van der Waals surface area contributed by atoms with Crippen molar-refractivity contribution in [1.29, 1.82) is 0 Å². The number of aromatic amines is 1. The van der Waals surface area contributed by atoms with Crippen molar-refractivity contribution < 1.29 is 14.6 Å². The minimum atomic E-state index is -1.01. The molecule has 4 N–H and O–H groups in total. The molecule has 1 aromatic carbocycles. The topological polar surface area (TPSA) is 88.3 Å². The summed E-state index contributed by atoms with van der Waals surface area (Å²) in [7, 11) is 1.60. The quantitative estimate of drug-likeness (QED) is 0.804. The lowest BCUT2D eigenvalue weighted by atomic mass is 10.1. The van der Waals surface area contributed by atoms with Gasteiger partial charge in [-0.15, -0.1) is 0 Å². The summed E-state index contributed by atoms with van der Waals surface area (Å²) in [4.78, 5) is 13.9. The first kappa shape index (κ1) is 12.9. The third-order valence-electron chi connectivity index (χ3n) is 2.80. The minimum Gasteiger partial charge on any atom is -0.497 e. The number of benzene rings is 1. The van der Waals surface area contributed by atoms with Crippen LogP contribution in [0.4, 0.5) is 0 Å². The van der Waals surface area contributed by atoms with Crippen LogP contribution in [-0.2, 0) is 11.2 Å². The zero-order chi connectivity index (χ0) is 13.3. The SMILES string of the molecule is COc1ccc2c(CC(N)C(=O)O)c(Br)[nH]c2c1. The Morgan fingerprint density at radius 3 is 2.94 bits per heavy atom. The molecule has 1 heterocycles. The van der Waals surface area contributed by atoms with E-state index < -0.39 is 12.0 Å². The summed E-state index contributed by atoms with van der Waals surface area (Å²) >= 11 is 3.39. The third kappa shape index (κ3) is 2.34. The van der Waals surface area contributed by atoms with Crippen LogP contribution in [0, 0.1) is 0 Å². The molecule has 0 aliphatic rings. The number of carboxylic acid groups (broad SMARTS) is 1. The lowest BCUT2D eigenvalue weighted by Crippen LogP contribution is -2.32. The van der Waals surface area contributed by atoms with E-state index in [1.165, 1.54) is 0 Å². The van der Waals surface area contributed by atoms with Crippen LogP contribution in [-0.4, -0.2) is 29.2 Å². The highest BCUT2D eigenvalue weighted by atomic mass is 79.9. The van der Waals surface area contributed by atoms with Gasteiger partial charge in [0.2, 0.25) is 0 Å². The van der Waals surface area contributed by atoms with Gasteiger partial charge in [0.1, 0.15) is 11.8 Å². The van der Waals surface area contributed by atoms with Crippen molar-refractivity contribution >= 4 is 32.8 Å². The number of hydrogen-bond donors (Lipinski definition) is 3. The highest BCUT2D eigenvalue weighted by Gasteiger charge is 2.18. The molecular formula is C12H13BrN2O3. The number of aliphatic carboxylic acids is 1. The summed E-state index contributed by atoms with van der Waals surface area (Å²) < 4.78 is 5.89. The van der Waals surface area contributed by atoms with Gasteiger partial charge in [-0.1, -0.05) is 0 Å². The van der Waals surface area contributed by atoms with Crippen molar-refractivity contribution in [2.24, 2.45) is 5.73 Å². The molecule has 0 amide bonds. The van der Waals surface area contributed by atoms with Crippen LogP contribution in [0.25, 0.3) is 10.9 Å². The molecule has 1 aromatic heterocycles. The molecule has 0 aliphatic carbocycles. The standard InChI is InChI=1S/C12H13BrN2O3/c1-18-6-2-3-7-8(5-9(14)12(16)17)11(13)15-10(7)4-6/h2-4,9,15H,5,14H2,1H3,(H,16,17). The van der Waals surface area contributed by atoms with Crippen molar-refractivity contribution in [2.75, 3.05) is 7.11 Å². The number of fused-ring (bicyclic) bond motifs is 1. The second kappa shape index (κ2) is 4.99. The molecule has 0 bridgehead atoms. The minimum absolute atomic E-state index is 0.266. The molecular weight excluding hydrogens is 300 g/mol. The number of rotatable bonds is 4. The highest BCUT2D eigenvalue weighted by Crippen LogP contribution is 2.30. The monoisotopic (exact) mass is 312 g/mol. The Morgan fingerprint density at radius 2 is 2.33 bits per heavy atom. The number of methoxy groups -OCH3 is 1. The van der Waals surface area contributed by atoms with Crippen LogP contribution in [0.3, 0.4) is 0 Å². The van der Waals surface area contributed by atoms with E-state index in [0.717, 1.165) is 26.8 Å². The lowest BCUT2D eigenvalue weighted by Gasteiger charge is -2.06. The van der Waals surface area contributed by atoms with E-state index in [1.807, 2.05) is 18.2 Å². The molecule has 1 atom stereocenters. The van der Waals surface area contributed by atoms with Crippen LogP contribution >= 0.6 is 15.9 Å². The summed E-state index contributed by atoms with van der Waals surface area (Å²) in [6, 6.07) is 4.66. The molecule has 5 nitrogen and oxygen atoms in total. The van der Waals surface area contributed by atoms with E-state index in [1.54, 1.807) is 7.11 Å². The van der Waals surface area contributed by atoms with Crippen molar-refractivity contribution in [3.63, 3.8) is 0 Å². The average Bonchev–Trinajstić information content (AvgIpc) is 2.64. The summed E-state index contributed by atoms with van der Waals surface area (Å²) in [5.41, 5.74) is 7.31. The summed E-state index contributed by atoms with van der Waals surface area (Å²) in [5.74, 6) is -0.268. The van der Waals surface area contributed by atoms with Crippen molar-refractivity contribution in [1.82, 2.24) is 4.98 Å². The van der Waals surface area contributed by atoms with E-state index >= 15 is 0 Å². The first-order valence-electron chi connectivity index (χ1n) is 5.35. The third-order valence-corrected chi connectivity index (χ3v) is 3.48.